The number of anilines is 1. The van der Waals surface area contributed by atoms with Gasteiger partial charge in [-0.05, 0) is 82.3 Å². The van der Waals surface area contributed by atoms with Crippen molar-refractivity contribution in [3.8, 4) is 0 Å². The highest BCUT2D eigenvalue weighted by Crippen LogP contribution is 2.22. The molecule has 0 radical (unpaired) electrons. The van der Waals surface area contributed by atoms with Crippen LogP contribution in [-0.2, 0) is 0 Å². The van der Waals surface area contributed by atoms with E-state index in [2.05, 4.69) is 40.1 Å². The standard InChI is InChI=1S/C28H39ClFN5O2S/c1-18-17-25(29)32-21(4)26(18)27(36)31-13-9-19(2)34-14-11-24(12-15-34)35(16-10-20(3)38)28(37)33-23-7-5-22(30)6-8-23/h5-8,17,19-20,24,38H,9-16H2,1-4H3,(H,31,36)(H,33,37)/t19?,20-/m1/s1. The smallest absolute Gasteiger partial charge is 0.322 e. The van der Waals surface area contributed by atoms with Gasteiger partial charge in [0.2, 0.25) is 0 Å². The number of thiol groups is 1. The largest absolute Gasteiger partial charge is 0.352 e. The number of carbonyl (C=O) groups is 2. The molecule has 2 atom stereocenters. The zero-order valence-electron chi connectivity index (χ0n) is 22.6. The number of benzene rings is 1. The molecule has 208 valence electrons. The van der Waals surface area contributed by atoms with Gasteiger partial charge in [-0.1, -0.05) is 18.5 Å². The SMILES string of the molecule is Cc1cc(Cl)nc(C)c1C(=O)NCCC(C)N1CCC(N(CC[C@@H](C)S)C(=O)Nc2ccc(F)cc2)CC1. The lowest BCUT2D eigenvalue weighted by Gasteiger charge is -2.41. The number of pyridine rings is 1. The molecule has 2 aromatic rings. The Morgan fingerprint density at radius 3 is 2.45 bits per heavy atom. The number of likely N-dealkylation sites (tertiary alicyclic amines) is 1. The first-order valence-electron chi connectivity index (χ1n) is 13.2. The number of rotatable bonds is 10. The van der Waals surface area contributed by atoms with Crippen molar-refractivity contribution < 1.29 is 14.0 Å². The fourth-order valence-electron chi connectivity index (χ4n) is 4.94. The van der Waals surface area contributed by atoms with Gasteiger partial charge >= 0.3 is 6.03 Å². The number of halogens is 2. The highest BCUT2D eigenvalue weighted by atomic mass is 35.5. The molecule has 38 heavy (non-hydrogen) atoms. The number of hydrogen-bond acceptors (Lipinski definition) is 5. The van der Waals surface area contributed by atoms with Crippen molar-refractivity contribution in [2.24, 2.45) is 0 Å². The molecular formula is C28H39ClFN5O2S. The zero-order valence-corrected chi connectivity index (χ0v) is 24.3. The monoisotopic (exact) mass is 563 g/mol. The second-order valence-electron chi connectivity index (χ2n) is 10.2. The van der Waals surface area contributed by atoms with Crippen molar-refractivity contribution in [3.63, 3.8) is 0 Å². The number of carbonyl (C=O) groups excluding carboxylic acids is 2. The maximum Gasteiger partial charge on any atom is 0.322 e. The van der Waals surface area contributed by atoms with Crippen molar-refractivity contribution in [2.45, 2.75) is 70.7 Å². The molecular weight excluding hydrogens is 525 g/mol. The molecule has 1 aliphatic rings. The minimum absolute atomic E-state index is 0.119. The second-order valence-corrected chi connectivity index (χ2v) is 11.4. The summed E-state index contributed by atoms with van der Waals surface area (Å²) in [5, 5.41) is 6.51. The molecule has 2 N–H and O–H groups in total. The van der Waals surface area contributed by atoms with Crippen LogP contribution in [0.5, 0.6) is 0 Å². The molecule has 2 heterocycles. The van der Waals surface area contributed by atoms with Crippen molar-refractivity contribution in [3.05, 3.63) is 58.1 Å². The third-order valence-corrected chi connectivity index (χ3v) is 7.60. The summed E-state index contributed by atoms with van der Waals surface area (Å²) in [5.41, 5.74) is 2.60. The summed E-state index contributed by atoms with van der Waals surface area (Å²) in [6.07, 6.45) is 3.34. The summed E-state index contributed by atoms with van der Waals surface area (Å²) < 4.78 is 13.3. The van der Waals surface area contributed by atoms with Gasteiger partial charge in [0.1, 0.15) is 11.0 Å². The molecule has 1 aromatic heterocycles. The predicted molar refractivity (Wildman–Crippen MR) is 155 cm³/mol. The number of nitrogens with one attached hydrogen (secondary N) is 2. The van der Waals surface area contributed by atoms with Gasteiger partial charge in [0.15, 0.2) is 0 Å². The summed E-state index contributed by atoms with van der Waals surface area (Å²) in [5.74, 6) is -0.465. The van der Waals surface area contributed by atoms with E-state index >= 15 is 0 Å². The lowest BCUT2D eigenvalue weighted by molar-refractivity contribution is 0.0924. The van der Waals surface area contributed by atoms with Crippen molar-refractivity contribution >= 4 is 41.9 Å². The fraction of sp³-hybridized carbons (Fsp3) is 0.536. The second kappa shape index (κ2) is 14.1. The quantitative estimate of drug-likeness (QED) is 0.256. The molecule has 1 aromatic carbocycles. The van der Waals surface area contributed by atoms with E-state index in [9.17, 15) is 14.0 Å². The average molecular weight is 564 g/mol. The van der Waals surface area contributed by atoms with Gasteiger partial charge in [0, 0.05) is 49.2 Å². The van der Waals surface area contributed by atoms with Gasteiger partial charge in [0.05, 0.1) is 11.3 Å². The van der Waals surface area contributed by atoms with Gasteiger partial charge in [-0.15, -0.1) is 0 Å². The molecule has 10 heteroatoms. The van der Waals surface area contributed by atoms with Crippen LogP contribution in [0.1, 0.15) is 61.1 Å². The number of nitrogens with zero attached hydrogens (tertiary/aromatic N) is 3. The molecule has 0 spiro atoms. The molecule has 0 aliphatic carbocycles. The van der Waals surface area contributed by atoms with Gasteiger partial charge < -0.3 is 20.4 Å². The van der Waals surface area contributed by atoms with Gasteiger partial charge in [0.25, 0.3) is 5.91 Å². The van der Waals surface area contributed by atoms with Crippen LogP contribution >= 0.6 is 24.2 Å². The van der Waals surface area contributed by atoms with Crippen LogP contribution in [0.2, 0.25) is 5.15 Å². The predicted octanol–water partition coefficient (Wildman–Crippen LogP) is 5.71. The molecule has 3 amide bonds. The first-order valence-corrected chi connectivity index (χ1v) is 14.1. The number of aromatic nitrogens is 1. The number of hydrogen-bond donors (Lipinski definition) is 3. The first-order chi connectivity index (χ1) is 18.0. The van der Waals surface area contributed by atoms with Crippen LogP contribution in [0.4, 0.5) is 14.9 Å². The maximum atomic E-state index is 13.3. The number of urea groups is 1. The lowest BCUT2D eigenvalue weighted by Crippen LogP contribution is -2.51. The van der Waals surface area contributed by atoms with Crippen LogP contribution in [0, 0.1) is 19.7 Å². The summed E-state index contributed by atoms with van der Waals surface area (Å²) in [6.45, 7) is 10.8. The van der Waals surface area contributed by atoms with E-state index in [0.717, 1.165) is 44.3 Å². The van der Waals surface area contributed by atoms with Crippen molar-refractivity contribution in [1.82, 2.24) is 20.1 Å². The van der Waals surface area contributed by atoms with Crippen LogP contribution in [0.25, 0.3) is 0 Å². The summed E-state index contributed by atoms with van der Waals surface area (Å²) in [7, 11) is 0. The van der Waals surface area contributed by atoms with Crippen LogP contribution in [0.15, 0.2) is 30.3 Å². The van der Waals surface area contributed by atoms with Gasteiger partial charge in [-0.25, -0.2) is 14.2 Å². The Morgan fingerprint density at radius 1 is 1.18 bits per heavy atom. The molecule has 1 fully saturated rings. The Kier molecular flexibility index (Phi) is 11.2. The minimum Gasteiger partial charge on any atom is -0.352 e. The van der Waals surface area contributed by atoms with E-state index in [1.807, 2.05) is 18.7 Å². The maximum absolute atomic E-state index is 13.3. The van der Waals surface area contributed by atoms with Gasteiger partial charge in [-0.2, -0.15) is 12.6 Å². The van der Waals surface area contributed by atoms with E-state index in [4.69, 9.17) is 11.6 Å². The molecule has 0 bridgehead atoms. The highest BCUT2D eigenvalue weighted by Gasteiger charge is 2.29. The van der Waals surface area contributed by atoms with Crippen LogP contribution < -0.4 is 10.6 Å². The van der Waals surface area contributed by atoms with E-state index in [1.54, 1.807) is 25.1 Å². The molecule has 7 nitrogen and oxygen atoms in total. The van der Waals surface area contributed by atoms with E-state index < -0.39 is 0 Å². The third kappa shape index (κ3) is 8.58. The third-order valence-electron chi connectivity index (χ3n) is 7.15. The summed E-state index contributed by atoms with van der Waals surface area (Å²) in [6, 6.07) is 7.77. The molecule has 1 aliphatic heterocycles. The number of amides is 3. The lowest BCUT2D eigenvalue weighted by atomic mass is 10.0. The number of piperidine rings is 1. The Hall–Kier alpha value is -2.36. The minimum atomic E-state index is -0.336. The average Bonchev–Trinajstić information content (AvgIpc) is 2.85. The Morgan fingerprint density at radius 2 is 1.84 bits per heavy atom. The summed E-state index contributed by atoms with van der Waals surface area (Å²) in [4.78, 5) is 34.4. The van der Waals surface area contributed by atoms with Gasteiger partial charge in [-0.3, -0.25) is 4.79 Å². The molecule has 3 rings (SSSR count). The Balaban J connectivity index is 1.50. The Labute approximate surface area is 235 Å². The van der Waals surface area contributed by atoms with E-state index in [0.29, 0.717) is 41.2 Å². The molecule has 0 saturated carbocycles. The van der Waals surface area contributed by atoms with Crippen molar-refractivity contribution in [2.75, 3.05) is 31.5 Å². The highest BCUT2D eigenvalue weighted by molar-refractivity contribution is 7.80. The zero-order chi connectivity index (χ0) is 27.8. The number of aryl methyl sites for hydroxylation is 2. The molecule has 1 unspecified atom stereocenters. The summed E-state index contributed by atoms with van der Waals surface area (Å²) >= 11 is 10.5. The van der Waals surface area contributed by atoms with E-state index in [-0.39, 0.29) is 29.0 Å². The van der Waals surface area contributed by atoms with Crippen molar-refractivity contribution in [1.29, 1.82) is 0 Å². The first kappa shape index (κ1) is 30.2. The fourth-order valence-corrected chi connectivity index (χ4v) is 5.34. The Bertz CT molecular complexity index is 1070. The topological polar surface area (TPSA) is 77.6 Å². The van der Waals surface area contributed by atoms with E-state index in [1.165, 1.54) is 12.1 Å². The van der Waals surface area contributed by atoms with Crippen LogP contribution in [-0.4, -0.2) is 70.2 Å². The molecule has 1 saturated heterocycles. The normalized spacial score (nSPS) is 16.1. The van der Waals surface area contributed by atoms with Crippen LogP contribution in [0.3, 0.4) is 0 Å².